The quantitative estimate of drug-likeness (QED) is 0.705. The van der Waals surface area contributed by atoms with E-state index >= 15 is 0 Å². The Morgan fingerprint density at radius 2 is 2.04 bits per heavy atom. The van der Waals surface area contributed by atoms with Crippen LogP contribution in [-0.2, 0) is 19.9 Å². The third kappa shape index (κ3) is 2.85. The summed E-state index contributed by atoms with van der Waals surface area (Å²) in [6, 6.07) is 3.93. The fourth-order valence-corrected chi connectivity index (χ4v) is 5.71. The number of rotatable bonds is 4. The van der Waals surface area contributed by atoms with E-state index in [4.69, 9.17) is 0 Å². The summed E-state index contributed by atoms with van der Waals surface area (Å²) < 4.78 is 2.99. The normalized spacial score (nSPS) is 13.6. The molecule has 2 amide bonds. The predicted octanol–water partition coefficient (Wildman–Crippen LogP) is 4.18. The van der Waals surface area contributed by atoms with E-state index in [0.29, 0.717) is 22.8 Å². The number of anilines is 1. The lowest BCUT2D eigenvalue weighted by Crippen LogP contribution is -2.25. The van der Waals surface area contributed by atoms with E-state index in [1.807, 2.05) is 36.1 Å². The molecule has 0 fully saturated rings. The Morgan fingerprint density at radius 1 is 1.23 bits per heavy atom. The average molecular weight is 388 g/mol. The molecule has 136 valence electrons. The number of fused-ring (bicyclic) bond motifs is 2. The van der Waals surface area contributed by atoms with Gasteiger partial charge in [0.1, 0.15) is 10.7 Å². The monoisotopic (exact) mass is 387 g/mol. The lowest BCUT2D eigenvalue weighted by Gasteiger charge is -2.13. The minimum absolute atomic E-state index is 0.0879. The van der Waals surface area contributed by atoms with Crippen molar-refractivity contribution in [3.63, 3.8) is 0 Å². The first kappa shape index (κ1) is 17.3. The molecular weight excluding hydrogens is 366 g/mol. The van der Waals surface area contributed by atoms with Crippen LogP contribution in [0.4, 0.5) is 5.00 Å². The van der Waals surface area contributed by atoms with E-state index in [0.717, 1.165) is 41.5 Å². The van der Waals surface area contributed by atoms with Crippen LogP contribution in [0.3, 0.4) is 0 Å². The van der Waals surface area contributed by atoms with Crippen molar-refractivity contribution < 1.29 is 9.59 Å². The van der Waals surface area contributed by atoms with E-state index in [1.165, 1.54) is 4.88 Å². The Labute approximate surface area is 160 Å². The van der Waals surface area contributed by atoms with Crippen LogP contribution in [0.1, 0.15) is 51.1 Å². The maximum Gasteiger partial charge on any atom is 0.272 e. The highest BCUT2D eigenvalue weighted by molar-refractivity contribution is 7.17. The fourth-order valence-electron chi connectivity index (χ4n) is 3.58. The molecule has 0 radical (unpaired) electrons. The van der Waals surface area contributed by atoms with Gasteiger partial charge in [-0.1, -0.05) is 0 Å². The summed E-state index contributed by atoms with van der Waals surface area (Å²) in [5.41, 5.74) is 3.45. The zero-order valence-electron chi connectivity index (χ0n) is 14.8. The third-order valence-electron chi connectivity index (χ3n) is 4.86. The predicted molar refractivity (Wildman–Crippen MR) is 108 cm³/mol. The third-order valence-corrected chi connectivity index (χ3v) is 6.92. The van der Waals surface area contributed by atoms with E-state index in [9.17, 15) is 9.59 Å². The van der Waals surface area contributed by atoms with Gasteiger partial charge in [-0.05, 0) is 55.7 Å². The van der Waals surface area contributed by atoms with Crippen molar-refractivity contribution in [2.75, 3.05) is 11.9 Å². The number of aromatic nitrogens is 1. The number of nitrogens with one attached hydrogen (secondary N) is 2. The Balaban J connectivity index is 1.69. The minimum atomic E-state index is -0.167. The number of hydrogen-bond acceptors (Lipinski definition) is 4. The molecule has 0 unspecified atom stereocenters. The molecule has 0 spiro atoms. The van der Waals surface area contributed by atoms with E-state index < -0.39 is 0 Å². The van der Waals surface area contributed by atoms with Crippen LogP contribution in [0, 0.1) is 0 Å². The highest BCUT2D eigenvalue weighted by atomic mass is 32.1. The summed E-state index contributed by atoms with van der Waals surface area (Å²) in [5, 5.41) is 8.61. The molecule has 1 aliphatic carbocycles. The first-order valence-corrected chi connectivity index (χ1v) is 10.6. The van der Waals surface area contributed by atoms with Crippen LogP contribution in [0.25, 0.3) is 10.2 Å². The van der Waals surface area contributed by atoms with Gasteiger partial charge in [-0.2, -0.15) is 0 Å². The molecule has 0 aromatic carbocycles. The number of nitrogens with zero attached hydrogens (tertiary/aromatic N) is 1. The molecule has 0 saturated carbocycles. The van der Waals surface area contributed by atoms with Crippen molar-refractivity contribution in [1.29, 1.82) is 0 Å². The summed E-state index contributed by atoms with van der Waals surface area (Å²) in [6.07, 6.45) is 4.14. The number of hydrogen-bond donors (Lipinski definition) is 2. The van der Waals surface area contributed by atoms with Gasteiger partial charge in [0.05, 0.1) is 15.8 Å². The Hall–Kier alpha value is -2.12. The van der Waals surface area contributed by atoms with Crippen molar-refractivity contribution in [3.05, 3.63) is 39.2 Å². The van der Waals surface area contributed by atoms with E-state index in [2.05, 4.69) is 10.6 Å². The summed E-state index contributed by atoms with van der Waals surface area (Å²) >= 11 is 3.17. The number of aryl methyl sites for hydroxylation is 2. The van der Waals surface area contributed by atoms with Gasteiger partial charge in [0.15, 0.2) is 0 Å². The van der Waals surface area contributed by atoms with Crippen molar-refractivity contribution >= 4 is 49.7 Å². The molecule has 3 aromatic heterocycles. The molecule has 3 aromatic rings. The van der Waals surface area contributed by atoms with Gasteiger partial charge in [0.25, 0.3) is 11.8 Å². The summed E-state index contributed by atoms with van der Waals surface area (Å²) in [6.45, 7) is 2.48. The zero-order valence-corrected chi connectivity index (χ0v) is 16.5. The topological polar surface area (TPSA) is 63.1 Å². The molecule has 3 heterocycles. The van der Waals surface area contributed by atoms with Gasteiger partial charge >= 0.3 is 0 Å². The van der Waals surface area contributed by atoms with Gasteiger partial charge < -0.3 is 15.2 Å². The van der Waals surface area contributed by atoms with E-state index in [-0.39, 0.29) is 11.8 Å². The van der Waals surface area contributed by atoms with Crippen LogP contribution in [0.2, 0.25) is 0 Å². The van der Waals surface area contributed by atoms with Gasteiger partial charge in [-0.15, -0.1) is 22.7 Å². The van der Waals surface area contributed by atoms with Crippen molar-refractivity contribution in [2.24, 2.45) is 7.05 Å². The summed E-state index contributed by atoms with van der Waals surface area (Å²) in [4.78, 5) is 26.8. The van der Waals surface area contributed by atoms with Gasteiger partial charge in [-0.3, -0.25) is 9.59 Å². The molecule has 0 aliphatic heterocycles. The van der Waals surface area contributed by atoms with E-state index in [1.54, 1.807) is 22.7 Å². The number of amides is 2. The highest BCUT2D eigenvalue weighted by Crippen LogP contribution is 2.38. The molecule has 26 heavy (non-hydrogen) atoms. The summed E-state index contributed by atoms with van der Waals surface area (Å²) in [5.74, 6) is -0.255. The van der Waals surface area contributed by atoms with Crippen LogP contribution < -0.4 is 10.6 Å². The maximum atomic E-state index is 12.9. The standard InChI is InChI=1S/C19H21N3O2S2/c1-3-20-18(24)16-11-6-4-5-7-14(11)26-19(16)21-17(23)13-10-15-12(22(13)2)8-9-25-15/h8-10H,3-7H2,1-2H3,(H,20,24)(H,21,23). The summed E-state index contributed by atoms with van der Waals surface area (Å²) in [7, 11) is 1.90. The van der Waals surface area contributed by atoms with Gasteiger partial charge in [0, 0.05) is 18.5 Å². The molecule has 0 atom stereocenters. The molecule has 1 aliphatic rings. The van der Waals surface area contributed by atoms with Crippen molar-refractivity contribution in [2.45, 2.75) is 32.6 Å². The smallest absolute Gasteiger partial charge is 0.272 e. The molecule has 7 heteroatoms. The maximum absolute atomic E-state index is 12.9. The lowest BCUT2D eigenvalue weighted by molar-refractivity contribution is 0.0956. The first-order valence-electron chi connectivity index (χ1n) is 8.87. The van der Waals surface area contributed by atoms with Crippen LogP contribution in [0.15, 0.2) is 17.5 Å². The van der Waals surface area contributed by atoms with Gasteiger partial charge in [0.2, 0.25) is 0 Å². The zero-order chi connectivity index (χ0) is 18.3. The average Bonchev–Trinajstić information content (AvgIpc) is 3.29. The Kier molecular flexibility index (Phi) is 4.58. The number of carbonyl (C=O) groups excluding carboxylic acids is 2. The fraction of sp³-hybridized carbons (Fsp3) is 0.368. The van der Waals surface area contributed by atoms with Crippen LogP contribution in [-0.4, -0.2) is 22.9 Å². The van der Waals surface area contributed by atoms with Crippen LogP contribution >= 0.6 is 22.7 Å². The van der Waals surface area contributed by atoms with Crippen molar-refractivity contribution in [1.82, 2.24) is 9.88 Å². The Morgan fingerprint density at radius 3 is 2.81 bits per heavy atom. The largest absolute Gasteiger partial charge is 0.352 e. The van der Waals surface area contributed by atoms with Gasteiger partial charge in [-0.25, -0.2) is 0 Å². The minimum Gasteiger partial charge on any atom is -0.352 e. The first-order chi connectivity index (χ1) is 12.6. The Bertz CT molecular complexity index is 996. The highest BCUT2D eigenvalue weighted by Gasteiger charge is 2.27. The SMILES string of the molecule is CCNC(=O)c1c(NC(=O)c2cc3sccc3n2C)sc2c1CCCC2. The second kappa shape index (κ2) is 6.89. The second-order valence-corrected chi connectivity index (χ2v) is 8.54. The molecule has 4 rings (SSSR count). The lowest BCUT2D eigenvalue weighted by atomic mass is 9.95. The molecule has 5 nitrogen and oxygen atoms in total. The number of carbonyl (C=O) groups is 2. The second-order valence-electron chi connectivity index (χ2n) is 6.49. The molecule has 2 N–H and O–H groups in total. The molecular formula is C19H21N3O2S2. The number of thiophene rings is 2. The molecule has 0 bridgehead atoms. The van der Waals surface area contributed by atoms with Crippen molar-refractivity contribution in [3.8, 4) is 0 Å². The molecule has 0 saturated heterocycles. The van der Waals surface area contributed by atoms with Crippen LogP contribution in [0.5, 0.6) is 0 Å².